The Morgan fingerprint density at radius 3 is 2.59 bits per heavy atom. The number of fused-ring (bicyclic) bond motifs is 2. The summed E-state index contributed by atoms with van der Waals surface area (Å²) in [5, 5.41) is 9.15. The van der Waals surface area contributed by atoms with Gasteiger partial charge in [-0.1, -0.05) is 18.2 Å². The average Bonchev–Trinajstić information content (AvgIpc) is 3.13. The van der Waals surface area contributed by atoms with E-state index in [1.165, 1.54) is 11.3 Å². The van der Waals surface area contributed by atoms with E-state index in [1.807, 2.05) is 12.1 Å². The van der Waals surface area contributed by atoms with Gasteiger partial charge in [-0.15, -0.1) is 0 Å². The van der Waals surface area contributed by atoms with Crippen LogP contribution >= 0.6 is 0 Å². The third kappa shape index (κ3) is 2.23. The van der Waals surface area contributed by atoms with Gasteiger partial charge in [-0.2, -0.15) is 0 Å². The van der Waals surface area contributed by atoms with Crippen LogP contribution in [0.25, 0.3) is 0 Å². The summed E-state index contributed by atoms with van der Waals surface area (Å²) in [6, 6.07) is 12.5. The van der Waals surface area contributed by atoms with E-state index in [2.05, 4.69) is 29.2 Å². The zero-order valence-electron chi connectivity index (χ0n) is 12.6. The van der Waals surface area contributed by atoms with Crippen LogP contribution in [0.3, 0.4) is 0 Å². The molecule has 0 radical (unpaired) electrons. The van der Waals surface area contributed by atoms with Gasteiger partial charge in [0.15, 0.2) is 0 Å². The standard InChI is InChI=1S/C18H21NO3/c20-12-15-6-5-14(22-15)11-19-13-18(7-9-21-10-8-18)16-3-1-2-4-17(16)19/h1-6,20H,7-13H2. The number of anilines is 1. The Balaban J connectivity index is 1.64. The average molecular weight is 299 g/mol. The highest BCUT2D eigenvalue weighted by molar-refractivity contribution is 5.62. The van der Waals surface area contributed by atoms with Crippen molar-refractivity contribution in [2.75, 3.05) is 24.7 Å². The summed E-state index contributed by atoms with van der Waals surface area (Å²) in [5.41, 5.74) is 2.99. The number of aliphatic hydroxyl groups excluding tert-OH is 1. The number of rotatable bonds is 3. The van der Waals surface area contributed by atoms with Crippen LogP contribution in [-0.4, -0.2) is 24.9 Å². The molecule has 4 heteroatoms. The molecule has 0 saturated carbocycles. The lowest BCUT2D eigenvalue weighted by molar-refractivity contribution is 0.0552. The van der Waals surface area contributed by atoms with Crippen LogP contribution in [-0.2, 0) is 23.3 Å². The van der Waals surface area contributed by atoms with Crippen molar-refractivity contribution in [3.63, 3.8) is 0 Å². The Morgan fingerprint density at radius 2 is 1.82 bits per heavy atom. The monoisotopic (exact) mass is 299 g/mol. The van der Waals surface area contributed by atoms with Crippen molar-refractivity contribution in [1.29, 1.82) is 0 Å². The first-order valence-corrected chi connectivity index (χ1v) is 7.91. The first-order chi connectivity index (χ1) is 10.8. The number of furan rings is 1. The Bertz CT molecular complexity index is 658. The van der Waals surface area contributed by atoms with Crippen molar-refractivity contribution in [3.05, 3.63) is 53.5 Å². The minimum atomic E-state index is -0.0438. The summed E-state index contributed by atoms with van der Waals surface area (Å²) in [5.74, 6) is 1.53. The summed E-state index contributed by atoms with van der Waals surface area (Å²) in [4.78, 5) is 2.40. The summed E-state index contributed by atoms with van der Waals surface area (Å²) >= 11 is 0. The maximum atomic E-state index is 9.15. The Kier molecular flexibility index (Phi) is 3.43. The second kappa shape index (κ2) is 5.45. The van der Waals surface area contributed by atoms with Crippen LogP contribution in [0.1, 0.15) is 29.9 Å². The molecule has 4 rings (SSSR count). The molecule has 0 bridgehead atoms. The molecule has 4 nitrogen and oxygen atoms in total. The number of benzene rings is 1. The van der Waals surface area contributed by atoms with Crippen molar-refractivity contribution in [1.82, 2.24) is 0 Å². The maximum Gasteiger partial charge on any atom is 0.129 e. The second-order valence-corrected chi connectivity index (χ2v) is 6.29. The molecule has 2 aliphatic heterocycles. The van der Waals surface area contributed by atoms with Gasteiger partial charge in [-0.3, -0.25) is 0 Å². The normalized spacial score (nSPS) is 19.6. The summed E-state index contributed by atoms with van der Waals surface area (Å²) < 4.78 is 11.2. The summed E-state index contributed by atoms with van der Waals surface area (Å²) in [6.45, 7) is 3.41. The number of hydrogen-bond acceptors (Lipinski definition) is 4. The SMILES string of the molecule is OCc1ccc(CN2CC3(CCOCC3)c3ccccc32)o1. The van der Waals surface area contributed by atoms with Gasteiger partial charge in [0.2, 0.25) is 0 Å². The third-order valence-electron chi connectivity index (χ3n) is 4.98. The van der Waals surface area contributed by atoms with Gasteiger partial charge in [-0.05, 0) is 36.6 Å². The van der Waals surface area contributed by atoms with Crippen LogP contribution in [0.4, 0.5) is 5.69 Å². The van der Waals surface area contributed by atoms with E-state index >= 15 is 0 Å². The molecule has 0 amide bonds. The lowest BCUT2D eigenvalue weighted by Crippen LogP contribution is -2.38. The topological polar surface area (TPSA) is 45.8 Å². The van der Waals surface area contributed by atoms with Crippen molar-refractivity contribution >= 4 is 5.69 Å². The van der Waals surface area contributed by atoms with Crippen molar-refractivity contribution in [2.24, 2.45) is 0 Å². The van der Waals surface area contributed by atoms with E-state index in [0.29, 0.717) is 5.76 Å². The van der Waals surface area contributed by atoms with E-state index in [1.54, 1.807) is 0 Å². The second-order valence-electron chi connectivity index (χ2n) is 6.29. The van der Waals surface area contributed by atoms with E-state index in [4.69, 9.17) is 14.3 Å². The zero-order chi connectivity index (χ0) is 15.0. The van der Waals surface area contributed by atoms with Gasteiger partial charge in [0.25, 0.3) is 0 Å². The van der Waals surface area contributed by atoms with Crippen molar-refractivity contribution in [2.45, 2.75) is 31.4 Å². The predicted molar refractivity (Wildman–Crippen MR) is 83.9 cm³/mol. The molecular weight excluding hydrogens is 278 g/mol. The van der Waals surface area contributed by atoms with Crippen LogP contribution in [0, 0.1) is 0 Å². The van der Waals surface area contributed by atoms with E-state index in [0.717, 1.165) is 44.9 Å². The highest BCUT2D eigenvalue weighted by atomic mass is 16.5. The molecule has 1 aromatic carbocycles. The maximum absolute atomic E-state index is 9.15. The molecule has 2 aromatic rings. The lowest BCUT2D eigenvalue weighted by atomic mass is 9.76. The summed E-state index contributed by atoms with van der Waals surface area (Å²) in [6.07, 6.45) is 2.17. The van der Waals surface area contributed by atoms with Crippen LogP contribution in [0.15, 0.2) is 40.8 Å². The first-order valence-electron chi connectivity index (χ1n) is 7.91. The first kappa shape index (κ1) is 13.9. The summed E-state index contributed by atoms with van der Waals surface area (Å²) in [7, 11) is 0. The third-order valence-corrected chi connectivity index (χ3v) is 4.98. The van der Waals surface area contributed by atoms with Gasteiger partial charge >= 0.3 is 0 Å². The fourth-order valence-electron chi connectivity index (χ4n) is 3.84. The molecule has 1 fully saturated rings. The quantitative estimate of drug-likeness (QED) is 0.946. The van der Waals surface area contributed by atoms with Gasteiger partial charge in [-0.25, -0.2) is 0 Å². The van der Waals surface area contributed by atoms with Gasteiger partial charge in [0.1, 0.15) is 18.1 Å². The molecule has 0 unspecified atom stereocenters. The van der Waals surface area contributed by atoms with E-state index in [-0.39, 0.29) is 12.0 Å². The Hall–Kier alpha value is -1.78. The number of hydrogen-bond donors (Lipinski definition) is 1. The predicted octanol–water partition coefficient (Wildman–Crippen LogP) is 2.84. The number of para-hydroxylation sites is 1. The van der Waals surface area contributed by atoms with Gasteiger partial charge in [0, 0.05) is 30.9 Å². The smallest absolute Gasteiger partial charge is 0.129 e. The molecule has 2 aliphatic rings. The molecule has 1 aromatic heterocycles. The van der Waals surface area contributed by atoms with E-state index < -0.39 is 0 Å². The van der Waals surface area contributed by atoms with Crippen LogP contribution in [0.2, 0.25) is 0 Å². The molecule has 1 N–H and O–H groups in total. The molecule has 22 heavy (non-hydrogen) atoms. The highest BCUT2D eigenvalue weighted by Gasteiger charge is 2.43. The highest BCUT2D eigenvalue weighted by Crippen LogP contribution is 2.47. The fraction of sp³-hybridized carbons (Fsp3) is 0.444. The van der Waals surface area contributed by atoms with E-state index in [9.17, 15) is 0 Å². The molecular formula is C18H21NO3. The molecule has 1 spiro atoms. The van der Waals surface area contributed by atoms with Gasteiger partial charge < -0.3 is 19.2 Å². The molecule has 116 valence electrons. The fourth-order valence-corrected chi connectivity index (χ4v) is 3.84. The largest absolute Gasteiger partial charge is 0.462 e. The van der Waals surface area contributed by atoms with Crippen LogP contribution in [0.5, 0.6) is 0 Å². The minimum Gasteiger partial charge on any atom is -0.462 e. The van der Waals surface area contributed by atoms with Crippen molar-refractivity contribution < 1.29 is 14.3 Å². The number of nitrogens with zero attached hydrogens (tertiary/aromatic N) is 1. The molecule has 0 atom stereocenters. The van der Waals surface area contributed by atoms with Crippen molar-refractivity contribution in [3.8, 4) is 0 Å². The Labute approximate surface area is 130 Å². The Morgan fingerprint density at radius 1 is 1.05 bits per heavy atom. The van der Waals surface area contributed by atoms with Crippen LogP contribution < -0.4 is 4.90 Å². The number of aliphatic hydroxyl groups is 1. The zero-order valence-corrected chi connectivity index (χ0v) is 12.6. The molecule has 0 aliphatic carbocycles. The lowest BCUT2D eigenvalue weighted by Gasteiger charge is -2.34. The number of ether oxygens (including phenoxy) is 1. The minimum absolute atomic E-state index is 0.0438. The van der Waals surface area contributed by atoms with Gasteiger partial charge in [0.05, 0.1) is 6.54 Å². The molecule has 1 saturated heterocycles. The molecule has 3 heterocycles.